The van der Waals surface area contributed by atoms with Gasteiger partial charge in [0.05, 0.1) is 0 Å². The summed E-state index contributed by atoms with van der Waals surface area (Å²) < 4.78 is 26.5. The van der Waals surface area contributed by atoms with Crippen LogP contribution in [-0.2, 0) is 18.6 Å². The van der Waals surface area contributed by atoms with Gasteiger partial charge in [0.15, 0.2) is 6.23 Å². The summed E-state index contributed by atoms with van der Waals surface area (Å²) in [4.78, 5) is 45.2. The quantitative estimate of drug-likeness (QED) is 0.197. The molecule has 138 valence electrons. The number of hydrogen-bond donors (Lipinski definition) is 4. The van der Waals surface area contributed by atoms with Gasteiger partial charge in [-0.1, -0.05) is 5.11 Å². The van der Waals surface area contributed by atoms with E-state index in [1.165, 1.54) is 0 Å². The molecule has 0 radical (unpaired) electrons. The van der Waals surface area contributed by atoms with Gasteiger partial charge in [0.1, 0.15) is 18.8 Å². The van der Waals surface area contributed by atoms with E-state index < -0.39 is 49.8 Å². The van der Waals surface area contributed by atoms with Crippen LogP contribution in [0.1, 0.15) is 6.23 Å². The first-order valence-electron chi connectivity index (χ1n) is 6.60. The topological polar surface area (TPSA) is 209 Å². The summed E-state index contributed by atoms with van der Waals surface area (Å²) in [5.41, 5.74) is 7.05. The zero-order valence-electron chi connectivity index (χ0n) is 12.6. The Morgan fingerprint density at radius 2 is 2.24 bits per heavy atom. The molecule has 2 heterocycles. The standard InChI is InChI=1S/C10H14N5O9P/c1-22-10(4-23-25(19,20)21)7(13-14-11)6(17)8(24-10)15-3-2-5(16)12-9(15)18/h2-3,6-8,17H,4H2,1H3,(H,12,16,18)(H2,19,20,21)/t6-,7+,8-,10-/m1/s1. The van der Waals surface area contributed by atoms with Crippen LogP contribution in [0.3, 0.4) is 0 Å². The van der Waals surface area contributed by atoms with Gasteiger partial charge in [-0.3, -0.25) is 18.9 Å². The molecular formula is C10H14N5O9P. The summed E-state index contributed by atoms with van der Waals surface area (Å²) >= 11 is 0. The molecule has 4 atom stereocenters. The number of aliphatic hydroxyl groups excluding tert-OH is 1. The second-order valence-electron chi connectivity index (χ2n) is 4.95. The minimum Gasteiger partial charge on any atom is -0.388 e. The molecule has 0 aliphatic carbocycles. The lowest BCUT2D eigenvalue weighted by Crippen LogP contribution is -2.47. The fourth-order valence-corrected chi connectivity index (χ4v) is 2.69. The van der Waals surface area contributed by atoms with Crippen LogP contribution >= 0.6 is 7.82 Å². The van der Waals surface area contributed by atoms with Gasteiger partial charge in [0, 0.05) is 24.3 Å². The van der Waals surface area contributed by atoms with Gasteiger partial charge in [-0.2, -0.15) is 0 Å². The molecule has 1 fully saturated rings. The number of methoxy groups -OCH3 is 1. The normalized spacial score (nSPS) is 29.4. The summed E-state index contributed by atoms with van der Waals surface area (Å²) in [5, 5.41) is 13.7. The highest BCUT2D eigenvalue weighted by atomic mass is 31.2. The molecule has 1 aromatic heterocycles. The minimum atomic E-state index is -4.94. The molecule has 1 aliphatic rings. The Morgan fingerprint density at radius 3 is 2.76 bits per heavy atom. The molecule has 1 aromatic rings. The highest BCUT2D eigenvalue weighted by Crippen LogP contribution is 2.44. The minimum absolute atomic E-state index is 0.692. The number of phosphoric ester groups is 1. The number of aromatic nitrogens is 2. The zero-order valence-corrected chi connectivity index (χ0v) is 13.5. The van der Waals surface area contributed by atoms with Crippen molar-refractivity contribution in [2.45, 2.75) is 24.2 Å². The van der Waals surface area contributed by atoms with Crippen molar-refractivity contribution >= 4 is 7.82 Å². The number of aromatic amines is 1. The van der Waals surface area contributed by atoms with Crippen molar-refractivity contribution in [2.24, 2.45) is 5.11 Å². The number of H-pyrrole nitrogens is 1. The molecule has 25 heavy (non-hydrogen) atoms. The number of ether oxygens (including phenoxy) is 2. The third-order valence-electron chi connectivity index (χ3n) is 3.47. The maximum Gasteiger partial charge on any atom is 0.469 e. The van der Waals surface area contributed by atoms with Crippen molar-refractivity contribution in [1.82, 2.24) is 9.55 Å². The highest BCUT2D eigenvalue weighted by molar-refractivity contribution is 7.46. The lowest BCUT2D eigenvalue weighted by atomic mass is 10.1. The van der Waals surface area contributed by atoms with E-state index in [-0.39, 0.29) is 0 Å². The number of azide groups is 1. The molecule has 1 aliphatic heterocycles. The van der Waals surface area contributed by atoms with Crippen LogP contribution in [0.5, 0.6) is 0 Å². The molecule has 4 N–H and O–H groups in total. The van der Waals surface area contributed by atoms with E-state index in [9.17, 15) is 19.3 Å². The average Bonchev–Trinajstić information content (AvgIpc) is 2.79. The fraction of sp³-hybridized carbons (Fsp3) is 0.600. The molecular weight excluding hydrogens is 365 g/mol. The third kappa shape index (κ3) is 3.98. The maximum atomic E-state index is 11.9. The molecule has 14 nitrogen and oxygen atoms in total. The van der Waals surface area contributed by atoms with Gasteiger partial charge < -0.3 is 24.4 Å². The van der Waals surface area contributed by atoms with Crippen LogP contribution < -0.4 is 11.2 Å². The summed E-state index contributed by atoms with van der Waals surface area (Å²) in [5.74, 6) is -2.09. The Labute approximate surface area is 138 Å². The largest absolute Gasteiger partial charge is 0.469 e. The van der Waals surface area contributed by atoms with Crippen molar-refractivity contribution in [1.29, 1.82) is 0 Å². The van der Waals surface area contributed by atoms with Crippen molar-refractivity contribution in [3.05, 3.63) is 43.5 Å². The summed E-state index contributed by atoms with van der Waals surface area (Å²) in [7, 11) is -3.88. The number of phosphoric acid groups is 1. The molecule has 0 amide bonds. The van der Waals surface area contributed by atoms with Crippen LogP contribution in [0.2, 0.25) is 0 Å². The molecule has 0 saturated carbocycles. The average molecular weight is 379 g/mol. The summed E-state index contributed by atoms with van der Waals surface area (Å²) in [6, 6.07) is -0.531. The molecule has 0 spiro atoms. The third-order valence-corrected chi connectivity index (χ3v) is 3.93. The zero-order chi connectivity index (χ0) is 18.8. The molecule has 0 bridgehead atoms. The van der Waals surface area contributed by atoms with Gasteiger partial charge in [0.2, 0.25) is 5.79 Å². The van der Waals surface area contributed by atoms with Gasteiger partial charge >= 0.3 is 13.5 Å². The Kier molecular flexibility index (Phi) is 5.46. The van der Waals surface area contributed by atoms with E-state index in [0.29, 0.717) is 0 Å². The van der Waals surface area contributed by atoms with Gasteiger partial charge in [-0.15, -0.1) is 0 Å². The Morgan fingerprint density at radius 1 is 1.56 bits per heavy atom. The monoisotopic (exact) mass is 379 g/mol. The van der Waals surface area contributed by atoms with Crippen LogP contribution in [0.15, 0.2) is 27.0 Å². The maximum absolute atomic E-state index is 11.9. The fourth-order valence-electron chi connectivity index (χ4n) is 2.34. The second kappa shape index (κ2) is 7.07. The predicted octanol–water partition coefficient (Wildman–Crippen LogP) is -1.44. The highest BCUT2D eigenvalue weighted by Gasteiger charge is 2.57. The SMILES string of the molecule is CO[C@]1(COP(=O)(O)O)O[C@@H](n2ccc(=O)[nH]c2=O)[C@H](O)[C@@H]1N=[N+]=[N-]. The van der Waals surface area contributed by atoms with Crippen molar-refractivity contribution < 1.29 is 33.5 Å². The molecule has 0 aromatic carbocycles. The summed E-state index contributed by atoms with van der Waals surface area (Å²) in [6.45, 7) is -0.914. The van der Waals surface area contributed by atoms with Crippen LogP contribution in [0.25, 0.3) is 10.4 Å². The molecule has 0 unspecified atom stereocenters. The van der Waals surface area contributed by atoms with Gasteiger partial charge in [0.25, 0.3) is 5.56 Å². The van der Waals surface area contributed by atoms with Crippen molar-refractivity contribution in [3.8, 4) is 0 Å². The predicted molar refractivity (Wildman–Crippen MR) is 78.1 cm³/mol. The van der Waals surface area contributed by atoms with E-state index in [1.807, 2.05) is 4.98 Å². The van der Waals surface area contributed by atoms with Crippen molar-refractivity contribution in [2.75, 3.05) is 13.7 Å². The smallest absolute Gasteiger partial charge is 0.388 e. The van der Waals surface area contributed by atoms with Gasteiger partial charge in [-0.25, -0.2) is 9.36 Å². The Bertz CT molecular complexity index is 842. The molecule has 2 rings (SSSR count). The Hall–Kier alpha value is -2.02. The van der Waals surface area contributed by atoms with E-state index in [2.05, 4.69) is 14.5 Å². The first-order chi connectivity index (χ1) is 11.6. The summed E-state index contributed by atoms with van der Waals surface area (Å²) in [6.07, 6.45) is -2.11. The van der Waals surface area contributed by atoms with E-state index >= 15 is 0 Å². The molecule has 1 saturated heterocycles. The second-order valence-corrected chi connectivity index (χ2v) is 6.19. The first-order valence-corrected chi connectivity index (χ1v) is 8.13. The number of hydrogen-bond acceptors (Lipinski definition) is 8. The Balaban J connectivity index is 2.46. The molecule has 15 heteroatoms. The van der Waals surface area contributed by atoms with Crippen LogP contribution in [0.4, 0.5) is 0 Å². The van der Waals surface area contributed by atoms with E-state index in [0.717, 1.165) is 23.9 Å². The lowest BCUT2D eigenvalue weighted by Gasteiger charge is -2.30. The first kappa shape index (κ1) is 19.3. The number of nitrogens with one attached hydrogen (secondary N) is 1. The number of nitrogens with zero attached hydrogens (tertiary/aromatic N) is 4. The lowest BCUT2D eigenvalue weighted by molar-refractivity contribution is -0.246. The number of rotatable bonds is 6. The van der Waals surface area contributed by atoms with E-state index in [4.69, 9.17) is 24.8 Å². The van der Waals surface area contributed by atoms with Gasteiger partial charge in [-0.05, 0) is 5.53 Å². The number of aliphatic hydroxyl groups is 1. The van der Waals surface area contributed by atoms with E-state index in [1.54, 1.807) is 0 Å². The van der Waals surface area contributed by atoms with Crippen LogP contribution in [0, 0.1) is 0 Å². The van der Waals surface area contributed by atoms with Crippen molar-refractivity contribution in [3.63, 3.8) is 0 Å². The van der Waals surface area contributed by atoms with Crippen LogP contribution in [-0.4, -0.2) is 56.1 Å².